The predicted octanol–water partition coefficient (Wildman–Crippen LogP) is 0.945. The van der Waals surface area contributed by atoms with Crippen LogP contribution in [0.2, 0.25) is 0 Å². The van der Waals surface area contributed by atoms with Crippen LogP contribution in [-0.2, 0) is 21.2 Å². The average Bonchev–Trinajstić information content (AvgIpc) is 2.83. The van der Waals surface area contributed by atoms with Crippen LogP contribution in [0.4, 0.5) is 0 Å². The molecule has 1 aromatic carbocycles. The Balaban J connectivity index is 2.48. The molecule has 0 aromatic heterocycles. The van der Waals surface area contributed by atoms with E-state index in [-0.39, 0.29) is 12.1 Å². The summed E-state index contributed by atoms with van der Waals surface area (Å²) in [6.45, 7) is 1.32. The van der Waals surface area contributed by atoms with Crippen LogP contribution in [-0.4, -0.2) is 30.0 Å². The Morgan fingerprint density at radius 3 is 2.52 bits per heavy atom. The molecule has 21 heavy (non-hydrogen) atoms. The predicted molar refractivity (Wildman–Crippen MR) is 79.4 cm³/mol. The van der Waals surface area contributed by atoms with Crippen molar-refractivity contribution in [2.24, 2.45) is 16.0 Å². The number of hydrogen-bond acceptors (Lipinski definition) is 4. The van der Waals surface area contributed by atoms with Gasteiger partial charge in [-0.1, -0.05) is 30.3 Å². The summed E-state index contributed by atoms with van der Waals surface area (Å²) in [6, 6.07) is 9.11. The molecule has 6 nitrogen and oxygen atoms in total. The lowest BCUT2D eigenvalue weighted by Gasteiger charge is -2.30. The lowest BCUT2D eigenvalue weighted by molar-refractivity contribution is -0.141. The molecule has 2 unspecified atom stereocenters. The van der Waals surface area contributed by atoms with Crippen molar-refractivity contribution in [2.75, 3.05) is 0 Å². The van der Waals surface area contributed by atoms with E-state index in [0.717, 1.165) is 5.56 Å². The molecule has 0 amide bonds. The first-order valence-corrected chi connectivity index (χ1v) is 7.87. The summed E-state index contributed by atoms with van der Waals surface area (Å²) in [4.78, 5) is 15.4. The molecule has 0 fully saturated rings. The highest BCUT2D eigenvalue weighted by Crippen LogP contribution is 2.34. The van der Waals surface area contributed by atoms with Gasteiger partial charge in [0.15, 0.2) is 4.75 Å². The first kappa shape index (κ1) is 15.4. The lowest BCUT2D eigenvalue weighted by Crippen LogP contribution is -2.55. The Hall–Kier alpha value is -1.99. The molecule has 3 N–H and O–H groups in total. The van der Waals surface area contributed by atoms with Gasteiger partial charge >= 0.3 is 5.97 Å². The zero-order valence-corrected chi connectivity index (χ0v) is 12.2. The molecule has 0 spiro atoms. The molecule has 1 heterocycles. The van der Waals surface area contributed by atoms with E-state index in [4.69, 9.17) is 5.14 Å². The molecule has 1 aromatic rings. The van der Waals surface area contributed by atoms with Crippen molar-refractivity contribution >= 4 is 21.7 Å². The number of primary sulfonamides is 1. The third-order valence-electron chi connectivity index (χ3n) is 3.70. The highest BCUT2D eigenvalue weighted by molar-refractivity contribution is 7.91. The number of aliphatic carboxylic acids is 1. The summed E-state index contributed by atoms with van der Waals surface area (Å²) in [5, 5.41) is 14.6. The Bertz CT molecular complexity index is 710. The first-order chi connectivity index (χ1) is 9.79. The van der Waals surface area contributed by atoms with E-state index in [9.17, 15) is 18.3 Å². The summed E-state index contributed by atoms with van der Waals surface area (Å²) >= 11 is 0. The largest absolute Gasteiger partial charge is 0.481 e. The molecular formula is C14H16N2O4S. The minimum absolute atomic E-state index is 0.224. The lowest BCUT2D eigenvalue weighted by atomic mass is 9.86. The second-order valence-corrected chi connectivity index (χ2v) is 6.72. The van der Waals surface area contributed by atoms with Crippen molar-refractivity contribution in [3.05, 3.63) is 48.2 Å². The molecular weight excluding hydrogens is 292 g/mol. The van der Waals surface area contributed by atoms with Crippen LogP contribution in [0.3, 0.4) is 0 Å². The number of benzene rings is 1. The number of carboxylic acids is 1. The zero-order valence-electron chi connectivity index (χ0n) is 11.4. The van der Waals surface area contributed by atoms with E-state index in [1.54, 1.807) is 0 Å². The summed E-state index contributed by atoms with van der Waals surface area (Å²) in [5.41, 5.74) is 1.07. The average molecular weight is 308 g/mol. The third kappa shape index (κ3) is 2.62. The van der Waals surface area contributed by atoms with Crippen molar-refractivity contribution in [1.82, 2.24) is 0 Å². The number of aliphatic imine (C=N–C) groups is 1. The SMILES string of the molecule is CC(C(=O)O)C1(S(N)(=O)=O)C=CN=C1Cc1ccccc1. The molecule has 0 saturated carbocycles. The van der Waals surface area contributed by atoms with Crippen molar-refractivity contribution in [3.8, 4) is 0 Å². The van der Waals surface area contributed by atoms with E-state index in [0.29, 0.717) is 0 Å². The van der Waals surface area contributed by atoms with E-state index in [1.165, 1.54) is 19.2 Å². The molecule has 0 bridgehead atoms. The number of carbonyl (C=O) groups is 1. The molecule has 2 atom stereocenters. The summed E-state index contributed by atoms with van der Waals surface area (Å²) in [7, 11) is -4.18. The fourth-order valence-electron chi connectivity index (χ4n) is 2.49. The fourth-order valence-corrected chi connectivity index (χ4v) is 3.79. The van der Waals surface area contributed by atoms with E-state index >= 15 is 0 Å². The van der Waals surface area contributed by atoms with Crippen LogP contribution in [0.5, 0.6) is 0 Å². The van der Waals surface area contributed by atoms with Crippen LogP contribution in [0.1, 0.15) is 12.5 Å². The Kier molecular flexibility index (Phi) is 3.97. The molecule has 112 valence electrons. The number of hydrogen-bond donors (Lipinski definition) is 2. The maximum Gasteiger partial charge on any atom is 0.308 e. The van der Waals surface area contributed by atoms with Gasteiger partial charge < -0.3 is 5.11 Å². The van der Waals surface area contributed by atoms with E-state index in [2.05, 4.69) is 4.99 Å². The maximum absolute atomic E-state index is 12.1. The quantitative estimate of drug-likeness (QED) is 0.843. The summed E-state index contributed by atoms with van der Waals surface area (Å²) < 4.78 is 22.4. The molecule has 0 saturated heterocycles. The molecule has 1 aliphatic rings. The van der Waals surface area contributed by atoms with E-state index in [1.807, 2.05) is 30.3 Å². The van der Waals surface area contributed by atoms with Crippen LogP contribution in [0, 0.1) is 5.92 Å². The van der Waals surface area contributed by atoms with Crippen molar-refractivity contribution in [2.45, 2.75) is 18.1 Å². The molecule has 1 aliphatic heterocycles. The molecule has 0 aliphatic carbocycles. The van der Waals surface area contributed by atoms with Gasteiger partial charge in [0.05, 0.1) is 5.92 Å². The zero-order chi connectivity index (χ0) is 15.7. The van der Waals surface area contributed by atoms with Gasteiger partial charge in [-0.05, 0) is 18.6 Å². The van der Waals surface area contributed by atoms with Gasteiger partial charge in [-0.3, -0.25) is 9.79 Å². The number of sulfonamides is 1. The topological polar surface area (TPSA) is 110 Å². The second-order valence-electron chi connectivity index (χ2n) is 4.95. The van der Waals surface area contributed by atoms with Gasteiger partial charge in [0.25, 0.3) is 0 Å². The second kappa shape index (κ2) is 5.42. The number of carboxylic acid groups (broad SMARTS) is 1. The Morgan fingerprint density at radius 1 is 1.38 bits per heavy atom. The van der Waals surface area contributed by atoms with Gasteiger partial charge in [0.2, 0.25) is 10.0 Å². The van der Waals surface area contributed by atoms with Crippen LogP contribution in [0.15, 0.2) is 47.6 Å². The first-order valence-electron chi connectivity index (χ1n) is 6.33. The normalized spacial score (nSPS) is 22.9. The standard InChI is InChI=1S/C14H16N2O4S/c1-10(13(17)18)14(21(15,19)20)7-8-16-12(14)9-11-5-3-2-4-6-11/h2-8,10H,9H2,1H3,(H,17,18)(H2,15,19,20). The minimum Gasteiger partial charge on any atom is -0.481 e. The fraction of sp³-hybridized carbons (Fsp3) is 0.286. The Morgan fingerprint density at radius 2 is 2.00 bits per heavy atom. The molecule has 2 rings (SSSR count). The summed E-state index contributed by atoms with van der Waals surface area (Å²) in [6.07, 6.45) is 2.80. The van der Waals surface area contributed by atoms with Gasteiger partial charge in [-0.25, -0.2) is 13.6 Å². The van der Waals surface area contributed by atoms with Crippen molar-refractivity contribution in [3.63, 3.8) is 0 Å². The van der Waals surface area contributed by atoms with Gasteiger partial charge in [-0.2, -0.15) is 0 Å². The van der Waals surface area contributed by atoms with Crippen LogP contribution in [0.25, 0.3) is 0 Å². The minimum atomic E-state index is -4.18. The van der Waals surface area contributed by atoms with Crippen molar-refractivity contribution in [1.29, 1.82) is 0 Å². The highest BCUT2D eigenvalue weighted by atomic mass is 32.2. The maximum atomic E-state index is 12.1. The third-order valence-corrected chi connectivity index (χ3v) is 5.37. The number of nitrogens with zero attached hydrogens (tertiary/aromatic N) is 1. The smallest absolute Gasteiger partial charge is 0.308 e. The number of nitrogens with two attached hydrogens (primary N) is 1. The van der Waals surface area contributed by atoms with Crippen molar-refractivity contribution < 1.29 is 18.3 Å². The molecule has 7 heteroatoms. The van der Waals surface area contributed by atoms with Crippen LogP contribution < -0.4 is 5.14 Å². The van der Waals surface area contributed by atoms with E-state index < -0.39 is 26.7 Å². The monoisotopic (exact) mass is 308 g/mol. The highest BCUT2D eigenvalue weighted by Gasteiger charge is 2.53. The Labute approximate surface area is 123 Å². The summed E-state index contributed by atoms with van der Waals surface area (Å²) in [5.74, 6) is -2.47. The van der Waals surface area contributed by atoms with Gasteiger partial charge in [0, 0.05) is 18.3 Å². The number of rotatable bonds is 5. The van der Waals surface area contributed by atoms with Crippen LogP contribution >= 0.6 is 0 Å². The molecule has 0 radical (unpaired) electrons. The van der Waals surface area contributed by atoms with Gasteiger partial charge in [-0.15, -0.1) is 0 Å². The van der Waals surface area contributed by atoms with Gasteiger partial charge in [0.1, 0.15) is 0 Å².